The van der Waals surface area contributed by atoms with E-state index in [1.807, 2.05) is 18.2 Å². The third-order valence-corrected chi connectivity index (χ3v) is 5.08. The van der Waals surface area contributed by atoms with E-state index in [1.165, 1.54) is 0 Å². The van der Waals surface area contributed by atoms with Gasteiger partial charge in [-0.05, 0) is 43.2 Å². The molecule has 0 aliphatic heterocycles. The quantitative estimate of drug-likeness (QED) is 0.620. The smallest absolute Gasteiger partial charge is 0.223 e. The van der Waals surface area contributed by atoms with E-state index in [-0.39, 0.29) is 11.8 Å². The summed E-state index contributed by atoms with van der Waals surface area (Å²) in [6, 6.07) is 9.12. The number of nitrogens with one attached hydrogen (secondary N) is 2. The van der Waals surface area contributed by atoms with Gasteiger partial charge in [0.1, 0.15) is 5.82 Å². The minimum atomic E-state index is 0.157. The van der Waals surface area contributed by atoms with Crippen molar-refractivity contribution in [2.75, 3.05) is 18.4 Å². The first-order valence-electron chi connectivity index (χ1n) is 9.23. The second-order valence-electron chi connectivity index (χ2n) is 6.73. The van der Waals surface area contributed by atoms with Crippen LogP contribution in [0.1, 0.15) is 25.7 Å². The van der Waals surface area contributed by atoms with E-state index in [2.05, 4.69) is 20.6 Å². The molecule has 2 heterocycles. The second kappa shape index (κ2) is 7.96. The number of halogens is 1. The van der Waals surface area contributed by atoms with Crippen molar-refractivity contribution in [2.24, 2.45) is 5.92 Å². The Bertz CT molecular complexity index is 937. The van der Waals surface area contributed by atoms with Crippen LogP contribution in [0, 0.1) is 5.92 Å². The fourth-order valence-electron chi connectivity index (χ4n) is 3.45. The molecular weight excluding hydrogens is 364 g/mol. The average molecular weight is 385 g/mol. The van der Waals surface area contributed by atoms with Gasteiger partial charge in [-0.1, -0.05) is 24.4 Å². The number of nitrogens with zero attached hydrogens (tertiary/aromatic N) is 2. The Morgan fingerprint density at radius 2 is 2.04 bits per heavy atom. The highest BCUT2D eigenvalue weighted by atomic mass is 35.5. The summed E-state index contributed by atoms with van der Waals surface area (Å²) in [6.45, 7) is 1.12. The van der Waals surface area contributed by atoms with E-state index in [0.29, 0.717) is 35.5 Å². The predicted octanol–water partition coefficient (Wildman–Crippen LogP) is 4.26. The van der Waals surface area contributed by atoms with Gasteiger partial charge in [0.05, 0.1) is 11.8 Å². The van der Waals surface area contributed by atoms with Crippen LogP contribution in [0.15, 0.2) is 41.0 Å². The number of fused-ring (bicyclic) bond motifs is 1. The molecule has 0 bridgehead atoms. The number of benzene rings is 1. The summed E-state index contributed by atoms with van der Waals surface area (Å²) in [5.41, 5.74) is 0.737. The summed E-state index contributed by atoms with van der Waals surface area (Å²) in [6.07, 6.45) is 5.90. The monoisotopic (exact) mass is 384 g/mol. The zero-order valence-electron chi connectivity index (χ0n) is 14.9. The van der Waals surface area contributed by atoms with Crippen molar-refractivity contribution < 1.29 is 9.21 Å². The topological polar surface area (TPSA) is 80.0 Å². The van der Waals surface area contributed by atoms with Gasteiger partial charge in [0, 0.05) is 29.4 Å². The van der Waals surface area contributed by atoms with Crippen LogP contribution in [0.2, 0.25) is 5.02 Å². The van der Waals surface area contributed by atoms with Gasteiger partial charge < -0.3 is 15.1 Å². The number of rotatable bonds is 6. The first-order chi connectivity index (χ1) is 13.2. The molecule has 6 nitrogen and oxygen atoms in total. The molecule has 0 saturated heterocycles. The van der Waals surface area contributed by atoms with Crippen molar-refractivity contribution in [1.29, 1.82) is 0 Å². The minimum Gasteiger partial charge on any atom is -0.461 e. The molecule has 1 saturated carbocycles. The Balaban J connectivity index is 1.49. The standard InChI is InChI=1S/C20H21ClN4O2/c21-14-7-8-15-16(12-14)24-19(17-6-3-11-27-17)25-18(15)22-9-10-23-20(26)13-4-1-2-5-13/h3,6-8,11-13H,1-2,4-5,9-10H2,(H,23,26)(H,22,24,25). The molecule has 1 aromatic carbocycles. The first kappa shape index (κ1) is 17.8. The van der Waals surface area contributed by atoms with Gasteiger partial charge in [0.25, 0.3) is 0 Å². The van der Waals surface area contributed by atoms with Crippen LogP contribution in [-0.2, 0) is 4.79 Å². The van der Waals surface area contributed by atoms with Gasteiger partial charge in [-0.2, -0.15) is 0 Å². The van der Waals surface area contributed by atoms with Crippen LogP contribution in [0.5, 0.6) is 0 Å². The van der Waals surface area contributed by atoms with Crippen LogP contribution in [0.25, 0.3) is 22.5 Å². The third-order valence-electron chi connectivity index (χ3n) is 4.84. The van der Waals surface area contributed by atoms with Crippen molar-refractivity contribution in [3.05, 3.63) is 41.6 Å². The summed E-state index contributed by atoms with van der Waals surface area (Å²) < 4.78 is 5.42. The molecule has 3 aromatic rings. The van der Waals surface area contributed by atoms with Crippen LogP contribution < -0.4 is 10.6 Å². The van der Waals surface area contributed by atoms with E-state index in [0.717, 1.165) is 36.6 Å². The molecule has 2 aromatic heterocycles. The normalized spacial score (nSPS) is 14.6. The van der Waals surface area contributed by atoms with Crippen molar-refractivity contribution in [3.63, 3.8) is 0 Å². The average Bonchev–Trinajstić information content (AvgIpc) is 3.38. The SMILES string of the molecule is O=C(NCCNc1nc(-c2ccco2)nc2cc(Cl)ccc12)C1CCCC1. The molecule has 27 heavy (non-hydrogen) atoms. The number of carbonyl (C=O) groups is 1. The number of furan rings is 1. The molecule has 0 spiro atoms. The molecule has 7 heteroatoms. The van der Waals surface area contributed by atoms with E-state index in [4.69, 9.17) is 16.0 Å². The number of hydrogen-bond acceptors (Lipinski definition) is 5. The maximum atomic E-state index is 12.1. The van der Waals surface area contributed by atoms with Crippen LogP contribution in [-0.4, -0.2) is 29.0 Å². The summed E-state index contributed by atoms with van der Waals surface area (Å²) in [7, 11) is 0. The summed E-state index contributed by atoms with van der Waals surface area (Å²) in [4.78, 5) is 21.3. The number of carbonyl (C=O) groups excluding carboxylic acids is 1. The lowest BCUT2D eigenvalue weighted by molar-refractivity contribution is -0.124. The highest BCUT2D eigenvalue weighted by Gasteiger charge is 2.22. The Labute approximate surface area is 162 Å². The van der Waals surface area contributed by atoms with Crippen molar-refractivity contribution >= 4 is 34.2 Å². The molecule has 0 atom stereocenters. The first-order valence-corrected chi connectivity index (χ1v) is 9.61. The zero-order chi connectivity index (χ0) is 18.6. The van der Waals surface area contributed by atoms with Crippen molar-refractivity contribution in [1.82, 2.24) is 15.3 Å². The predicted molar refractivity (Wildman–Crippen MR) is 106 cm³/mol. The van der Waals surface area contributed by atoms with Gasteiger partial charge in [-0.3, -0.25) is 4.79 Å². The lowest BCUT2D eigenvalue weighted by Crippen LogP contribution is -2.33. The fraction of sp³-hybridized carbons (Fsp3) is 0.350. The maximum Gasteiger partial charge on any atom is 0.223 e. The summed E-state index contributed by atoms with van der Waals surface area (Å²) in [5.74, 6) is 2.11. The van der Waals surface area contributed by atoms with Crippen LogP contribution in [0.4, 0.5) is 5.82 Å². The molecule has 1 aliphatic carbocycles. The maximum absolute atomic E-state index is 12.1. The third kappa shape index (κ3) is 4.06. The number of hydrogen-bond donors (Lipinski definition) is 2. The van der Waals surface area contributed by atoms with Crippen LogP contribution in [0.3, 0.4) is 0 Å². The highest BCUT2D eigenvalue weighted by Crippen LogP contribution is 2.27. The number of aromatic nitrogens is 2. The van der Waals surface area contributed by atoms with E-state index in [9.17, 15) is 4.79 Å². The molecule has 1 aliphatic rings. The van der Waals surface area contributed by atoms with E-state index in [1.54, 1.807) is 18.4 Å². The largest absolute Gasteiger partial charge is 0.461 e. The second-order valence-corrected chi connectivity index (χ2v) is 7.17. The van der Waals surface area contributed by atoms with E-state index >= 15 is 0 Å². The molecule has 0 radical (unpaired) electrons. The molecular formula is C20H21ClN4O2. The van der Waals surface area contributed by atoms with Crippen LogP contribution >= 0.6 is 11.6 Å². The summed E-state index contributed by atoms with van der Waals surface area (Å²) >= 11 is 6.12. The molecule has 2 N–H and O–H groups in total. The number of anilines is 1. The van der Waals surface area contributed by atoms with Crippen molar-refractivity contribution in [3.8, 4) is 11.6 Å². The Kier molecular flexibility index (Phi) is 5.25. The van der Waals surface area contributed by atoms with Crippen molar-refractivity contribution in [2.45, 2.75) is 25.7 Å². The lowest BCUT2D eigenvalue weighted by atomic mass is 10.1. The molecule has 1 amide bonds. The van der Waals surface area contributed by atoms with Gasteiger partial charge in [-0.15, -0.1) is 0 Å². The van der Waals surface area contributed by atoms with E-state index < -0.39 is 0 Å². The Hall–Kier alpha value is -2.60. The number of amides is 1. The molecule has 1 fully saturated rings. The van der Waals surface area contributed by atoms with Gasteiger partial charge in [0.15, 0.2) is 11.6 Å². The Morgan fingerprint density at radius 3 is 2.81 bits per heavy atom. The van der Waals surface area contributed by atoms with Gasteiger partial charge >= 0.3 is 0 Å². The summed E-state index contributed by atoms with van der Waals surface area (Å²) in [5, 5.41) is 7.80. The Morgan fingerprint density at radius 1 is 1.19 bits per heavy atom. The minimum absolute atomic E-state index is 0.157. The van der Waals surface area contributed by atoms with Gasteiger partial charge in [0.2, 0.25) is 5.91 Å². The fourth-order valence-corrected chi connectivity index (χ4v) is 3.62. The molecule has 140 valence electrons. The molecule has 4 rings (SSSR count). The zero-order valence-corrected chi connectivity index (χ0v) is 15.6. The lowest BCUT2D eigenvalue weighted by Gasteiger charge is -2.13. The molecule has 0 unspecified atom stereocenters. The highest BCUT2D eigenvalue weighted by molar-refractivity contribution is 6.31. The van der Waals surface area contributed by atoms with Gasteiger partial charge in [-0.25, -0.2) is 9.97 Å².